The topological polar surface area (TPSA) is 136 Å². The van der Waals surface area contributed by atoms with Crippen LogP contribution < -0.4 is 0 Å². The molecule has 1 fully saturated rings. The van der Waals surface area contributed by atoms with Gasteiger partial charge in [0.05, 0.1) is 36.1 Å². The van der Waals surface area contributed by atoms with Crippen molar-refractivity contribution in [3.05, 3.63) is 66.4 Å². The number of rotatable bonds is 11. The number of hydrogen-bond acceptors (Lipinski definition) is 8. The van der Waals surface area contributed by atoms with E-state index >= 15 is 0 Å². The summed E-state index contributed by atoms with van der Waals surface area (Å²) >= 11 is 0. The molecule has 0 radical (unpaired) electrons. The van der Waals surface area contributed by atoms with Crippen LogP contribution in [0.15, 0.2) is 55.2 Å². The van der Waals surface area contributed by atoms with Gasteiger partial charge in [0.15, 0.2) is 6.73 Å². The Morgan fingerprint density at radius 2 is 1.88 bits per heavy atom. The van der Waals surface area contributed by atoms with Gasteiger partial charge < -0.3 is 4.74 Å². The molecule has 0 unspecified atom stereocenters. The van der Waals surface area contributed by atoms with Crippen molar-refractivity contribution in [2.24, 2.45) is 5.92 Å². The minimum absolute atomic E-state index is 0.000833. The molecule has 0 amide bonds. The van der Waals surface area contributed by atoms with Crippen LogP contribution in [0.2, 0.25) is 0 Å². The van der Waals surface area contributed by atoms with E-state index in [0.717, 1.165) is 17.4 Å². The lowest BCUT2D eigenvalue weighted by molar-refractivity contribution is -0.148. The molecule has 4 heterocycles. The molecule has 0 aliphatic carbocycles. The molecule has 0 saturated carbocycles. The minimum atomic E-state index is -3.35. The van der Waals surface area contributed by atoms with E-state index in [1.807, 2.05) is 25.1 Å². The normalized spacial score (nSPS) is 15.8. The first-order valence-corrected chi connectivity index (χ1v) is 15.6. The van der Waals surface area contributed by atoms with Gasteiger partial charge in [-0.1, -0.05) is 38.1 Å². The summed E-state index contributed by atoms with van der Waals surface area (Å²) in [5.41, 5.74) is 3.36. The third-order valence-corrected chi connectivity index (χ3v) is 9.60. The van der Waals surface area contributed by atoms with Crippen molar-refractivity contribution in [2.45, 2.75) is 58.7 Å². The van der Waals surface area contributed by atoms with E-state index in [1.165, 1.54) is 16.2 Å². The van der Waals surface area contributed by atoms with Crippen molar-refractivity contribution in [1.82, 2.24) is 28.6 Å². The smallest absolute Gasteiger partial charge is 0.314 e. The average molecular weight is 590 g/mol. The first-order valence-electron chi connectivity index (χ1n) is 14.0. The molecule has 1 aromatic carbocycles. The number of sulfonamides is 1. The fourth-order valence-corrected chi connectivity index (χ4v) is 6.56. The SMILES string of the molecule is CCS(=O)(=O)N1CC(CC#N)(n2cc(-c3ncnc4c3ccn4COC(=O)[C@@H](C)c3ccc(CC(C)C)cc3)cn2)C1. The van der Waals surface area contributed by atoms with Crippen LogP contribution in [0, 0.1) is 17.2 Å². The Kier molecular flexibility index (Phi) is 8.17. The van der Waals surface area contributed by atoms with Crippen LogP contribution in [0.25, 0.3) is 22.3 Å². The highest BCUT2D eigenvalue weighted by atomic mass is 32.2. The maximum Gasteiger partial charge on any atom is 0.314 e. The molecule has 3 aromatic heterocycles. The number of nitrogens with zero attached hydrogens (tertiary/aromatic N) is 7. The lowest BCUT2D eigenvalue weighted by Crippen LogP contribution is -2.64. The van der Waals surface area contributed by atoms with Gasteiger partial charge in [-0.3, -0.25) is 14.0 Å². The highest BCUT2D eigenvalue weighted by molar-refractivity contribution is 7.89. The van der Waals surface area contributed by atoms with Crippen LogP contribution in [0.3, 0.4) is 0 Å². The predicted octanol–water partition coefficient (Wildman–Crippen LogP) is 4.07. The number of fused-ring (bicyclic) bond motifs is 1. The monoisotopic (exact) mass is 589 g/mol. The lowest BCUT2D eigenvalue weighted by atomic mass is 9.89. The molecule has 11 nitrogen and oxygen atoms in total. The number of carbonyl (C=O) groups excluding carboxylic acids is 1. The number of benzene rings is 1. The van der Waals surface area contributed by atoms with E-state index in [0.29, 0.717) is 22.8 Å². The zero-order chi connectivity index (χ0) is 30.1. The number of carbonyl (C=O) groups is 1. The summed E-state index contributed by atoms with van der Waals surface area (Å²) in [4.78, 5) is 21.8. The number of ether oxygens (including phenoxy) is 1. The number of hydrogen-bond donors (Lipinski definition) is 0. The van der Waals surface area contributed by atoms with Gasteiger partial charge in [-0.2, -0.15) is 14.7 Å². The fraction of sp³-hybridized carbons (Fsp3) is 0.433. The largest absolute Gasteiger partial charge is 0.443 e. The van der Waals surface area contributed by atoms with E-state index in [4.69, 9.17) is 4.74 Å². The Balaban J connectivity index is 1.30. The Morgan fingerprint density at radius 3 is 2.55 bits per heavy atom. The van der Waals surface area contributed by atoms with Crippen molar-refractivity contribution in [3.8, 4) is 17.3 Å². The molecule has 1 aliphatic rings. The highest BCUT2D eigenvalue weighted by Gasteiger charge is 2.49. The van der Waals surface area contributed by atoms with E-state index in [2.05, 4.69) is 47.1 Å². The summed E-state index contributed by atoms with van der Waals surface area (Å²) in [6.45, 7) is 8.19. The van der Waals surface area contributed by atoms with Gasteiger partial charge in [0.25, 0.3) is 0 Å². The third-order valence-electron chi connectivity index (χ3n) is 7.83. The van der Waals surface area contributed by atoms with Crippen LogP contribution in [0.4, 0.5) is 0 Å². The van der Waals surface area contributed by atoms with E-state index < -0.39 is 21.5 Å². The minimum Gasteiger partial charge on any atom is -0.443 e. The molecule has 42 heavy (non-hydrogen) atoms. The Hall–Kier alpha value is -4.08. The summed E-state index contributed by atoms with van der Waals surface area (Å²) in [6, 6.07) is 12.1. The molecule has 220 valence electrons. The second-order valence-corrected chi connectivity index (χ2v) is 13.6. The van der Waals surface area contributed by atoms with E-state index in [1.54, 1.807) is 34.8 Å². The predicted molar refractivity (Wildman–Crippen MR) is 157 cm³/mol. The van der Waals surface area contributed by atoms with Crippen molar-refractivity contribution in [2.75, 3.05) is 18.8 Å². The first-order chi connectivity index (χ1) is 20.1. The second-order valence-electron chi connectivity index (χ2n) is 11.3. The third kappa shape index (κ3) is 5.67. The maximum absolute atomic E-state index is 12.9. The maximum atomic E-state index is 12.9. The first kappa shape index (κ1) is 29.4. The van der Waals surface area contributed by atoms with Crippen molar-refractivity contribution >= 4 is 27.0 Å². The molecule has 4 aromatic rings. The summed E-state index contributed by atoms with van der Waals surface area (Å²) in [5, 5.41) is 14.7. The number of aromatic nitrogens is 5. The summed E-state index contributed by atoms with van der Waals surface area (Å²) in [7, 11) is -3.35. The molecule has 0 spiro atoms. The zero-order valence-corrected chi connectivity index (χ0v) is 25.1. The molecular weight excluding hydrogens is 554 g/mol. The van der Waals surface area contributed by atoms with Gasteiger partial charge in [0.1, 0.15) is 17.5 Å². The van der Waals surface area contributed by atoms with Crippen LogP contribution in [0.5, 0.6) is 0 Å². The van der Waals surface area contributed by atoms with Gasteiger partial charge >= 0.3 is 5.97 Å². The Morgan fingerprint density at radius 1 is 1.14 bits per heavy atom. The zero-order valence-electron chi connectivity index (χ0n) is 24.3. The molecule has 0 N–H and O–H groups in total. The standard InChI is InChI=1S/C30H35N7O4S/c1-5-42(39,40)36-17-30(18-36,11-12-31)37-16-25(15-34-37)27-26-10-13-35(28(26)33-19-32-27)20-41-29(38)22(4)24-8-6-23(7-9-24)14-21(2)3/h6-10,13,15-16,19,21-22H,5,11,14,17-18,20H2,1-4H3/t22-/m0/s1. The Bertz CT molecular complexity index is 1730. The van der Waals surface area contributed by atoms with Crippen molar-refractivity contribution in [3.63, 3.8) is 0 Å². The van der Waals surface area contributed by atoms with Crippen LogP contribution in [0.1, 0.15) is 51.2 Å². The van der Waals surface area contributed by atoms with Gasteiger partial charge in [0.2, 0.25) is 10.0 Å². The van der Waals surface area contributed by atoms with Gasteiger partial charge in [-0.15, -0.1) is 0 Å². The summed E-state index contributed by atoms with van der Waals surface area (Å²) < 4.78 is 35.1. The summed E-state index contributed by atoms with van der Waals surface area (Å²) in [6.07, 6.45) is 7.81. The quantitative estimate of drug-likeness (QED) is 0.239. The Labute approximate surface area is 245 Å². The molecule has 0 bridgehead atoms. The number of esters is 1. The fourth-order valence-electron chi connectivity index (χ4n) is 5.32. The lowest BCUT2D eigenvalue weighted by Gasteiger charge is -2.47. The molecule has 1 atom stereocenters. The van der Waals surface area contributed by atoms with E-state index in [9.17, 15) is 18.5 Å². The van der Waals surface area contributed by atoms with Crippen LogP contribution in [-0.2, 0) is 38.2 Å². The van der Waals surface area contributed by atoms with E-state index in [-0.39, 0.29) is 38.0 Å². The molecular formula is C30H35N7O4S. The van der Waals surface area contributed by atoms with Crippen LogP contribution >= 0.6 is 0 Å². The van der Waals surface area contributed by atoms with Crippen LogP contribution in [-0.4, -0.2) is 61.9 Å². The molecule has 5 rings (SSSR count). The second kappa shape index (κ2) is 11.7. The summed E-state index contributed by atoms with van der Waals surface area (Å²) in [5.74, 6) is -0.163. The highest BCUT2D eigenvalue weighted by Crippen LogP contribution is 2.36. The van der Waals surface area contributed by atoms with Crippen molar-refractivity contribution in [1.29, 1.82) is 5.26 Å². The number of nitriles is 1. The van der Waals surface area contributed by atoms with Gasteiger partial charge in [-0.05, 0) is 43.4 Å². The average Bonchev–Trinajstić information content (AvgIpc) is 3.61. The molecule has 1 aliphatic heterocycles. The van der Waals surface area contributed by atoms with Gasteiger partial charge in [0, 0.05) is 36.4 Å². The molecule has 1 saturated heterocycles. The van der Waals surface area contributed by atoms with Crippen molar-refractivity contribution < 1.29 is 17.9 Å². The van der Waals surface area contributed by atoms with Gasteiger partial charge in [-0.25, -0.2) is 18.4 Å². The molecule has 12 heteroatoms.